The quantitative estimate of drug-likeness (QED) is 0.719. The molecule has 1 aliphatic rings. The molecule has 2 amide bonds. The van der Waals surface area contributed by atoms with Crippen molar-refractivity contribution in [2.24, 2.45) is 0 Å². The van der Waals surface area contributed by atoms with E-state index in [4.69, 9.17) is 16.3 Å². The number of carbonyl (C=O) groups is 2. The Balaban J connectivity index is 2.37. The van der Waals surface area contributed by atoms with Crippen molar-refractivity contribution < 1.29 is 36.3 Å². The van der Waals surface area contributed by atoms with Gasteiger partial charge in [-0.3, -0.25) is 9.69 Å². The third-order valence-electron chi connectivity index (χ3n) is 4.22. The zero-order valence-corrected chi connectivity index (χ0v) is 16.6. The number of benzene rings is 1. The van der Waals surface area contributed by atoms with E-state index in [1.165, 1.54) is 18.2 Å². The van der Waals surface area contributed by atoms with Crippen LogP contribution in [0.15, 0.2) is 18.2 Å². The molecule has 0 spiro atoms. The van der Waals surface area contributed by atoms with E-state index in [2.05, 4.69) is 0 Å². The van der Waals surface area contributed by atoms with Crippen molar-refractivity contribution in [3.8, 4) is 0 Å². The highest BCUT2D eigenvalue weighted by molar-refractivity contribution is 6.30. The van der Waals surface area contributed by atoms with Crippen LogP contribution in [0.5, 0.6) is 0 Å². The fourth-order valence-corrected chi connectivity index (χ4v) is 3.18. The minimum Gasteiger partial charge on any atom is -0.444 e. The number of nitrogens with one attached hydrogen (secondary N) is 1. The van der Waals surface area contributed by atoms with Gasteiger partial charge in [0, 0.05) is 0 Å². The van der Waals surface area contributed by atoms with E-state index in [1.54, 1.807) is 26.1 Å². The summed E-state index contributed by atoms with van der Waals surface area (Å²) in [6.07, 6.45) is -8.63. The summed E-state index contributed by atoms with van der Waals surface area (Å²) in [5, 5.41) is 1.34. The number of halogens is 6. The van der Waals surface area contributed by atoms with E-state index in [-0.39, 0.29) is 17.0 Å². The first kappa shape index (κ1) is 23.2. The van der Waals surface area contributed by atoms with Crippen molar-refractivity contribution in [2.75, 3.05) is 6.54 Å². The van der Waals surface area contributed by atoms with Crippen molar-refractivity contribution in [3.05, 3.63) is 34.6 Å². The van der Waals surface area contributed by atoms with Crippen LogP contribution in [-0.2, 0) is 16.0 Å². The molecule has 1 N–H and O–H groups in total. The van der Waals surface area contributed by atoms with Crippen LogP contribution in [0, 0.1) is 5.82 Å². The average molecular weight is 443 g/mol. The van der Waals surface area contributed by atoms with Crippen molar-refractivity contribution >= 4 is 23.6 Å². The number of ether oxygens (including phenoxy) is 1. The van der Waals surface area contributed by atoms with Crippen molar-refractivity contribution in [2.45, 2.75) is 57.2 Å². The summed E-state index contributed by atoms with van der Waals surface area (Å²) >= 11 is 5.72. The number of rotatable bonds is 3. The van der Waals surface area contributed by atoms with Crippen molar-refractivity contribution in [1.29, 1.82) is 0 Å². The van der Waals surface area contributed by atoms with Crippen molar-refractivity contribution in [1.82, 2.24) is 10.2 Å². The number of hydrogen-bond donors (Lipinski definition) is 1. The van der Waals surface area contributed by atoms with E-state index >= 15 is 0 Å². The molecule has 3 unspecified atom stereocenters. The maximum Gasteiger partial charge on any atom is 0.471 e. The summed E-state index contributed by atoms with van der Waals surface area (Å²) < 4.78 is 72.0. The molecular weight excluding hydrogens is 423 g/mol. The maximum atomic E-state index is 14.6. The van der Waals surface area contributed by atoms with E-state index in [9.17, 15) is 31.5 Å². The van der Waals surface area contributed by atoms with E-state index in [0.717, 1.165) is 4.90 Å². The number of hydrogen-bond acceptors (Lipinski definition) is 3. The minimum atomic E-state index is -5.25. The van der Waals surface area contributed by atoms with E-state index < -0.39 is 54.4 Å². The fourth-order valence-electron chi connectivity index (χ4n) is 2.99. The monoisotopic (exact) mass is 442 g/mol. The summed E-state index contributed by atoms with van der Waals surface area (Å²) in [6, 6.07) is 0.947. The predicted octanol–water partition coefficient (Wildman–Crippen LogP) is 4.03. The van der Waals surface area contributed by atoms with Crippen LogP contribution in [0.2, 0.25) is 5.02 Å². The number of carbonyl (C=O) groups excluding carboxylic acids is 2. The molecular formula is C18H20ClF5N2O3. The van der Waals surface area contributed by atoms with E-state index in [1.807, 2.05) is 0 Å². The second-order valence-electron chi connectivity index (χ2n) is 7.63. The molecule has 1 aromatic carbocycles. The lowest BCUT2D eigenvalue weighted by Crippen LogP contribution is -2.53. The van der Waals surface area contributed by atoms with Gasteiger partial charge in [-0.15, -0.1) is 0 Å². The zero-order chi connectivity index (χ0) is 22.1. The Morgan fingerprint density at radius 3 is 2.45 bits per heavy atom. The lowest BCUT2D eigenvalue weighted by molar-refractivity contribution is -0.174. The van der Waals surface area contributed by atoms with Crippen LogP contribution in [0.25, 0.3) is 0 Å². The van der Waals surface area contributed by atoms with Crippen LogP contribution in [-0.4, -0.2) is 53.5 Å². The van der Waals surface area contributed by atoms with E-state index in [0.29, 0.717) is 0 Å². The fraction of sp³-hybridized carbons (Fsp3) is 0.556. The molecule has 0 saturated carbocycles. The van der Waals surface area contributed by atoms with Gasteiger partial charge in [0.05, 0.1) is 23.7 Å². The van der Waals surface area contributed by atoms with Crippen LogP contribution >= 0.6 is 11.6 Å². The topological polar surface area (TPSA) is 58.6 Å². The smallest absolute Gasteiger partial charge is 0.444 e. The van der Waals surface area contributed by atoms with Gasteiger partial charge in [0.1, 0.15) is 17.6 Å². The van der Waals surface area contributed by atoms with Gasteiger partial charge in [-0.1, -0.05) is 23.7 Å². The molecule has 1 saturated heterocycles. The number of likely N-dealkylation sites (tertiary alicyclic amines) is 1. The molecule has 3 atom stereocenters. The van der Waals surface area contributed by atoms with Crippen LogP contribution in [0.1, 0.15) is 26.3 Å². The molecule has 11 heteroatoms. The first-order valence-corrected chi connectivity index (χ1v) is 9.03. The first-order valence-electron chi connectivity index (χ1n) is 8.65. The Morgan fingerprint density at radius 1 is 1.28 bits per heavy atom. The highest BCUT2D eigenvalue weighted by atomic mass is 35.5. The molecule has 1 aliphatic heterocycles. The van der Waals surface area contributed by atoms with Crippen molar-refractivity contribution in [3.63, 3.8) is 0 Å². The zero-order valence-electron chi connectivity index (χ0n) is 15.8. The Kier molecular flexibility index (Phi) is 6.66. The standard InChI is InChI=1S/C18H20ClF5N2O3/c1-17(2,3)29-16(28)26-8-11(20)14(25-15(27)18(22,23)24)12(26)7-9-5-4-6-10(19)13(9)21/h4-6,11-12,14H,7-8H2,1-3H3,(H,25,27). The molecule has 5 nitrogen and oxygen atoms in total. The molecule has 1 heterocycles. The maximum absolute atomic E-state index is 14.6. The molecule has 0 aliphatic carbocycles. The summed E-state index contributed by atoms with van der Waals surface area (Å²) in [4.78, 5) is 24.7. The molecule has 162 valence electrons. The molecule has 1 aromatic rings. The molecule has 29 heavy (non-hydrogen) atoms. The number of amides is 2. The second-order valence-corrected chi connectivity index (χ2v) is 8.04. The van der Waals surface area contributed by atoms with Gasteiger partial charge in [-0.25, -0.2) is 13.6 Å². The van der Waals surface area contributed by atoms with Gasteiger partial charge in [-0.05, 0) is 38.8 Å². The summed E-state index contributed by atoms with van der Waals surface area (Å²) in [5.41, 5.74) is -1.00. The van der Waals surface area contributed by atoms with Gasteiger partial charge in [0.25, 0.3) is 0 Å². The van der Waals surface area contributed by atoms with Gasteiger partial charge < -0.3 is 10.1 Å². The van der Waals surface area contributed by atoms with Crippen LogP contribution in [0.3, 0.4) is 0 Å². The SMILES string of the molecule is CC(C)(C)OC(=O)N1CC(F)C(NC(=O)C(F)(F)F)C1Cc1cccc(Cl)c1F. The van der Waals surface area contributed by atoms with Gasteiger partial charge in [0.2, 0.25) is 0 Å². The van der Waals surface area contributed by atoms with Gasteiger partial charge >= 0.3 is 18.2 Å². The predicted molar refractivity (Wildman–Crippen MR) is 94.7 cm³/mol. The molecule has 2 rings (SSSR count). The normalized spacial score (nSPS) is 22.5. The lowest BCUT2D eigenvalue weighted by Gasteiger charge is -2.31. The molecule has 0 aromatic heterocycles. The molecule has 1 fully saturated rings. The summed E-state index contributed by atoms with van der Waals surface area (Å²) in [5.74, 6) is -3.20. The highest BCUT2D eigenvalue weighted by Gasteiger charge is 2.50. The first-order chi connectivity index (χ1) is 13.2. The number of alkyl halides is 4. The van der Waals surface area contributed by atoms with Gasteiger partial charge in [0.15, 0.2) is 0 Å². The Labute approximate surface area is 169 Å². The Hall–Kier alpha value is -2.10. The second kappa shape index (κ2) is 8.33. The van der Waals surface area contributed by atoms with Crippen LogP contribution in [0.4, 0.5) is 26.7 Å². The summed E-state index contributed by atoms with van der Waals surface area (Å²) in [7, 11) is 0. The largest absolute Gasteiger partial charge is 0.471 e. The van der Waals surface area contributed by atoms with Gasteiger partial charge in [-0.2, -0.15) is 13.2 Å². The third kappa shape index (κ3) is 5.71. The molecule has 0 bridgehead atoms. The number of nitrogens with zero attached hydrogens (tertiary/aromatic N) is 1. The molecule has 0 radical (unpaired) electrons. The average Bonchev–Trinajstić information content (AvgIpc) is 2.86. The lowest BCUT2D eigenvalue weighted by atomic mass is 9.99. The Bertz CT molecular complexity index is 782. The third-order valence-corrected chi connectivity index (χ3v) is 4.51. The minimum absolute atomic E-state index is 0.0450. The van der Waals surface area contributed by atoms with Crippen LogP contribution < -0.4 is 5.32 Å². The summed E-state index contributed by atoms with van der Waals surface area (Å²) in [6.45, 7) is 4.05. The Morgan fingerprint density at radius 2 is 1.90 bits per heavy atom. The highest BCUT2D eigenvalue weighted by Crippen LogP contribution is 2.29.